The summed E-state index contributed by atoms with van der Waals surface area (Å²) in [6, 6.07) is 3.44. The Balaban J connectivity index is 2.11. The molecule has 1 N–H and O–H groups in total. The number of ether oxygens (including phenoxy) is 2. The molecule has 0 spiro atoms. The summed E-state index contributed by atoms with van der Waals surface area (Å²) in [6.45, 7) is 8.38. The molecule has 1 unspecified atom stereocenters. The van der Waals surface area contributed by atoms with E-state index in [0.29, 0.717) is 40.8 Å². The standard InChI is InChI=1S/C25H32BrNO5/c1-6-7-8-9-32-24(30)20-14(2)27-17-12-25(3,4)13-18(28)22(17)21(20)15-10-16(26)23(29)19(11-15)31-5/h10-11,20-21,29H,6-9,12-13H2,1-5H3/t20?,21-/m0/s1. The second-order valence-corrected chi connectivity index (χ2v) is 10.3. The van der Waals surface area contributed by atoms with Gasteiger partial charge in [0.1, 0.15) is 5.92 Å². The van der Waals surface area contributed by atoms with Crippen LogP contribution in [0.1, 0.15) is 71.3 Å². The topological polar surface area (TPSA) is 85.2 Å². The van der Waals surface area contributed by atoms with Crippen molar-refractivity contribution >= 4 is 33.4 Å². The summed E-state index contributed by atoms with van der Waals surface area (Å²) >= 11 is 3.38. The van der Waals surface area contributed by atoms with Crippen molar-refractivity contribution in [1.29, 1.82) is 0 Å². The molecule has 0 radical (unpaired) electrons. The zero-order chi connectivity index (χ0) is 23.6. The first kappa shape index (κ1) is 24.5. The van der Waals surface area contributed by atoms with E-state index in [4.69, 9.17) is 14.5 Å². The monoisotopic (exact) mass is 505 g/mol. The fraction of sp³-hybridized carbons (Fsp3) is 0.560. The van der Waals surface area contributed by atoms with Gasteiger partial charge in [0.25, 0.3) is 0 Å². The van der Waals surface area contributed by atoms with Crippen molar-refractivity contribution in [3.05, 3.63) is 33.4 Å². The van der Waals surface area contributed by atoms with Gasteiger partial charge < -0.3 is 14.6 Å². The Hall–Kier alpha value is -2.15. The number of allylic oxidation sites excluding steroid dienone is 2. The minimum absolute atomic E-state index is 0.00412. The number of hydrogen-bond acceptors (Lipinski definition) is 6. The van der Waals surface area contributed by atoms with Crippen molar-refractivity contribution in [2.75, 3.05) is 13.7 Å². The van der Waals surface area contributed by atoms with Crippen molar-refractivity contribution in [1.82, 2.24) is 0 Å². The van der Waals surface area contributed by atoms with Gasteiger partial charge in [-0.3, -0.25) is 14.6 Å². The Kier molecular flexibility index (Phi) is 7.48. The lowest BCUT2D eigenvalue weighted by molar-refractivity contribution is -0.146. The Morgan fingerprint density at radius 2 is 2.00 bits per heavy atom. The van der Waals surface area contributed by atoms with Crippen LogP contribution in [0.4, 0.5) is 0 Å². The van der Waals surface area contributed by atoms with Gasteiger partial charge in [-0.1, -0.05) is 33.6 Å². The highest BCUT2D eigenvalue weighted by atomic mass is 79.9. The van der Waals surface area contributed by atoms with Crippen molar-refractivity contribution in [3.8, 4) is 11.5 Å². The molecule has 0 bridgehead atoms. The van der Waals surface area contributed by atoms with E-state index < -0.39 is 11.8 Å². The summed E-state index contributed by atoms with van der Waals surface area (Å²) in [5.74, 6) is -1.38. The Morgan fingerprint density at radius 1 is 1.28 bits per heavy atom. The van der Waals surface area contributed by atoms with Crippen LogP contribution in [0.3, 0.4) is 0 Å². The number of aliphatic imine (C=N–C) groups is 1. The van der Waals surface area contributed by atoms with E-state index in [1.165, 1.54) is 7.11 Å². The maximum Gasteiger partial charge on any atom is 0.315 e. The number of nitrogens with zero attached hydrogens (tertiary/aromatic N) is 1. The molecule has 6 nitrogen and oxygen atoms in total. The minimum atomic E-state index is -0.707. The van der Waals surface area contributed by atoms with Crippen LogP contribution in [-0.2, 0) is 14.3 Å². The van der Waals surface area contributed by atoms with Crippen LogP contribution in [-0.4, -0.2) is 36.3 Å². The van der Waals surface area contributed by atoms with E-state index in [9.17, 15) is 14.7 Å². The van der Waals surface area contributed by atoms with E-state index in [1.54, 1.807) is 12.1 Å². The smallest absolute Gasteiger partial charge is 0.315 e. The normalized spacial score (nSPS) is 22.3. The number of carbonyl (C=O) groups excluding carboxylic acids is 2. The average Bonchev–Trinajstić information content (AvgIpc) is 2.71. The van der Waals surface area contributed by atoms with E-state index in [-0.39, 0.29) is 28.7 Å². The third-order valence-corrected chi connectivity index (χ3v) is 6.78. The molecule has 7 heteroatoms. The van der Waals surface area contributed by atoms with Gasteiger partial charge in [0.05, 0.1) is 18.2 Å². The average molecular weight is 506 g/mol. The Labute approximate surface area is 198 Å². The van der Waals surface area contributed by atoms with Gasteiger partial charge in [-0.15, -0.1) is 0 Å². The minimum Gasteiger partial charge on any atom is -0.503 e. The number of benzene rings is 1. The molecule has 0 saturated heterocycles. The second-order valence-electron chi connectivity index (χ2n) is 9.44. The number of rotatable bonds is 7. The molecule has 0 amide bonds. The lowest BCUT2D eigenvalue weighted by atomic mass is 9.67. The number of carbonyl (C=O) groups is 2. The zero-order valence-corrected chi connectivity index (χ0v) is 21.0. The van der Waals surface area contributed by atoms with Crippen LogP contribution in [0, 0.1) is 11.3 Å². The van der Waals surface area contributed by atoms with Crippen LogP contribution in [0.15, 0.2) is 32.9 Å². The molecule has 0 saturated carbocycles. The maximum atomic E-state index is 13.3. The maximum absolute atomic E-state index is 13.3. The summed E-state index contributed by atoms with van der Waals surface area (Å²) in [6.07, 6.45) is 3.88. The Bertz CT molecular complexity index is 979. The van der Waals surface area contributed by atoms with Crippen LogP contribution < -0.4 is 4.74 Å². The van der Waals surface area contributed by atoms with Gasteiger partial charge in [0, 0.05) is 29.3 Å². The van der Waals surface area contributed by atoms with E-state index in [1.807, 2.05) is 6.92 Å². The van der Waals surface area contributed by atoms with Gasteiger partial charge in [-0.2, -0.15) is 0 Å². The van der Waals surface area contributed by atoms with Crippen LogP contribution >= 0.6 is 15.9 Å². The molecular formula is C25H32BrNO5. The summed E-state index contributed by atoms with van der Waals surface area (Å²) in [7, 11) is 1.47. The van der Waals surface area contributed by atoms with E-state index in [2.05, 4.69) is 36.7 Å². The highest BCUT2D eigenvalue weighted by Gasteiger charge is 2.46. The fourth-order valence-corrected chi connectivity index (χ4v) is 5.11. The van der Waals surface area contributed by atoms with Gasteiger partial charge >= 0.3 is 5.97 Å². The summed E-state index contributed by atoms with van der Waals surface area (Å²) in [4.78, 5) is 31.3. The third-order valence-electron chi connectivity index (χ3n) is 6.18. The molecular weight excluding hydrogens is 474 g/mol. The number of phenolic OH excluding ortho intramolecular Hbond substituents is 1. The van der Waals surface area contributed by atoms with Crippen LogP contribution in [0.5, 0.6) is 11.5 Å². The molecule has 2 aliphatic rings. The number of aromatic hydroxyl groups is 1. The molecule has 1 aromatic rings. The van der Waals surface area contributed by atoms with Gasteiger partial charge in [0.15, 0.2) is 17.3 Å². The molecule has 2 atom stereocenters. The number of ketones is 1. The Morgan fingerprint density at radius 3 is 2.66 bits per heavy atom. The zero-order valence-electron chi connectivity index (χ0n) is 19.5. The second kappa shape index (κ2) is 9.77. The van der Waals surface area contributed by atoms with Crippen LogP contribution in [0.25, 0.3) is 0 Å². The molecule has 0 fully saturated rings. The number of hydrogen-bond donors (Lipinski definition) is 1. The number of unbranched alkanes of at least 4 members (excludes halogenated alkanes) is 2. The highest BCUT2D eigenvalue weighted by Crippen LogP contribution is 2.49. The van der Waals surface area contributed by atoms with Crippen molar-refractivity contribution in [2.45, 2.75) is 65.7 Å². The lowest BCUT2D eigenvalue weighted by Crippen LogP contribution is -2.39. The summed E-state index contributed by atoms with van der Waals surface area (Å²) in [5.41, 5.74) is 2.47. The largest absolute Gasteiger partial charge is 0.503 e. The van der Waals surface area contributed by atoms with Crippen molar-refractivity contribution < 1.29 is 24.2 Å². The molecule has 174 valence electrons. The molecule has 3 rings (SSSR count). The number of halogens is 1. The number of Topliss-reactive ketones (excluding diaryl/α,β-unsaturated/α-hetero) is 1. The van der Waals surface area contributed by atoms with Crippen LogP contribution in [0.2, 0.25) is 0 Å². The molecule has 32 heavy (non-hydrogen) atoms. The number of methoxy groups -OCH3 is 1. The lowest BCUT2D eigenvalue weighted by Gasteiger charge is -2.39. The van der Waals surface area contributed by atoms with E-state index >= 15 is 0 Å². The highest BCUT2D eigenvalue weighted by molar-refractivity contribution is 9.10. The number of esters is 1. The predicted octanol–water partition coefficient (Wildman–Crippen LogP) is 5.71. The summed E-state index contributed by atoms with van der Waals surface area (Å²) in [5, 5.41) is 10.3. The predicted molar refractivity (Wildman–Crippen MR) is 127 cm³/mol. The van der Waals surface area contributed by atoms with Crippen molar-refractivity contribution in [2.24, 2.45) is 16.3 Å². The molecule has 0 aromatic heterocycles. The molecule has 1 heterocycles. The van der Waals surface area contributed by atoms with Crippen molar-refractivity contribution in [3.63, 3.8) is 0 Å². The summed E-state index contributed by atoms with van der Waals surface area (Å²) < 4.78 is 11.4. The van der Waals surface area contributed by atoms with E-state index in [0.717, 1.165) is 25.0 Å². The first-order chi connectivity index (χ1) is 15.1. The fourth-order valence-electron chi connectivity index (χ4n) is 4.65. The SMILES string of the molecule is CCCCCOC(=O)C1C(C)=NC2=C(C(=O)CC(C)(C)C2)[C@H]1c1cc(Br)c(O)c(OC)c1. The number of phenols is 1. The van der Waals surface area contributed by atoms with Gasteiger partial charge in [0.2, 0.25) is 0 Å². The molecule has 1 aromatic carbocycles. The third kappa shape index (κ3) is 4.92. The molecule has 1 aliphatic carbocycles. The van der Waals surface area contributed by atoms with Gasteiger partial charge in [-0.05, 0) is 58.8 Å². The first-order valence-electron chi connectivity index (χ1n) is 11.1. The quantitative estimate of drug-likeness (QED) is 0.378. The first-order valence-corrected chi connectivity index (χ1v) is 11.9. The van der Waals surface area contributed by atoms with Gasteiger partial charge in [-0.25, -0.2) is 0 Å². The molecule has 1 aliphatic heterocycles.